The predicted octanol–water partition coefficient (Wildman–Crippen LogP) is 3.17. The van der Waals surface area contributed by atoms with Gasteiger partial charge in [0.2, 0.25) is 5.91 Å². The third kappa shape index (κ3) is 4.29. The summed E-state index contributed by atoms with van der Waals surface area (Å²) in [6.45, 7) is 7.23. The van der Waals surface area contributed by atoms with Gasteiger partial charge in [-0.3, -0.25) is 9.69 Å². The molecule has 0 atom stereocenters. The Labute approximate surface area is 145 Å². The highest BCUT2D eigenvalue weighted by Gasteiger charge is 2.30. The number of benzene rings is 1. The minimum Gasteiger partial charge on any atom is -0.497 e. The summed E-state index contributed by atoms with van der Waals surface area (Å²) in [5.41, 5.74) is 1.31. The van der Waals surface area contributed by atoms with E-state index in [1.807, 2.05) is 12.1 Å². The molecule has 2 fully saturated rings. The number of amides is 1. The number of carbonyl (C=O) groups excluding carboxylic acids is 1. The van der Waals surface area contributed by atoms with Crippen molar-refractivity contribution in [3.8, 4) is 5.75 Å². The molecule has 0 unspecified atom stereocenters. The summed E-state index contributed by atoms with van der Waals surface area (Å²) < 4.78 is 5.21. The molecule has 4 nitrogen and oxygen atoms in total. The standard InChI is InChI=1S/C20H30N2O2/c1-16-7-13-22(14-8-16)20(23)18-9-11-21(12-10-18)15-17-3-5-19(24-2)6-4-17/h3-6,16,18H,7-15H2,1-2H3. The molecule has 132 valence electrons. The van der Waals surface area contributed by atoms with Crippen LogP contribution < -0.4 is 4.74 Å². The zero-order valence-corrected chi connectivity index (χ0v) is 15.0. The van der Waals surface area contributed by atoms with Crippen LogP contribution in [0.2, 0.25) is 0 Å². The molecule has 2 heterocycles. The van der Waals surface area contributed by atoms with Gasteiger partial charge in [-0.15, -0.1) is 0 Å². The first kappa shape index (κ1) is 17.3. The molecule has 0 radical (unpaired) electrons. The molecule has 0 bridgehead atoms. The monoisotopic (exact) mass is 330 g/mol. The Morgan fingerprint density at radius 3 is 2.25 bits per heavy atom. The quantitative estimate of drug-likeness (QED) is 0.850. The van der Waals surface area contributed by atoms with Crippen molar-refractivity contribution in [1.29, 1.82) is 0 Å². The maximum atomic E-state index is 12.7. The Balaban J connectivity index is 1.45. The second-order valence-corrected chi connectivity index (χ2v) is 7.41. The summed E-state index contributed by atoms with van der Waals surface area (Å²) in [5.74, 6) is 2.33. The van der Waals surface area contributed by atoms with Crippen molar-refractivity contribution in [1.82, 2.24) is 9.80 Å². The Hall–Kier alpha value is -1.55. The number of hydrogen-bond donors (Lipinski definition) is 0. The average Bonchev–Trinajstić information content (AvgIpc) is 2.63. The van der Waals surface area contributed by atoms with E-state index in [-0.39, 0.29) is 5.92 Å². The van der Waals surface area contributed by atoms with Crippen LogP contribution in [0.3, 0.4) is 0 Å². The molecule has 0 N–H and O–H groups in total. The summed E-state index contributed by atoms with van der Waals surface area (Å²) in [5, 5.41) is 0. The van der Waals surface area contributed by atoms with E-state index in [9.17, 15) is 4.79 Å². The predicted molar refractivity (Wildman–Crippen MR) is 96.0 cm³/mol. The van der Waals surface area contributed by atoms with Crippen molar-refractivity contribution >= 4 is 5.91 Å². The fourth-order valence-electron chi connectivity index (χ4n) is 3.81. The van der Waals surface area contributed by atoms with Gasteiger partial charge in [0.15, 0.2) is 0 Å². The van der Waals surface area contributed by atoms with Crippen LogP contribution in [0.15, 0.2) is 24.3 Å². The molecular formula is C20H30N2O2. The molecule has 1 aromatic carbocycles. The number of carbonyl (C=O) groups is 1. The molecule has 2 aliphatic heterocycles. The van der Waals surface area contributed by atoms with E-state index in [0.29, 0.717) is 5.91 Å². The molecule has 0 saturated carbocycles. The van der Waals surface area contributed by atoms with E-state index < -0.39 is 0 Å². The average molecular weight is 330 g/mol. The van der Waals surface area contributed by atoms with Crippen LogP contribution in [0.1, 0.15) is 38.2 Å². The van der Waals surface area contributed by atoms with E-state index in [4.69, 9.17) is 4.74 Å². The molecule has 3 rings (SSSR count). The lowest BCUT2D eigenvalue weighted by molar-refractivity contribution is -0.138. The Morgan fingerprint density at radius 2 is 1.67 bits per heavy atom. The van der Waals surface area contributed by atoms with Gasteiger partial charge in [-0.1, -0.05) is 19.1 Å². The minimum atomic E-state index is 0.241. The van der Waals surface area contributed by atoms with Crippen molar-refractivity contribution in [3.63, 3.8) is 0 Å². The number of ether oxygens (including phenoxy) is 1. The molecular weight excluding hydrogens is 300 g/mol. The first-order chi connectivity index (χ1) is 11.7. The van der Waals surface area contributed by atoms with E-state index in [1.165, 1.54) is 18.4 Å². The van der Waals surface area contributed by atoms with Crippen molar-refractivity contribution in [2.24, 2.45) is 11.8 Å². The highest BCUT2D eigenvalue weighted by Crippen LogP contribution is 2.24. The summed E-state index contributed by atoms with van der Waals surface area (Å²) in [7, 11) is 1.69. The fourth-order valence-corrected chi connectivity index (χ4v) is 3.81. The van der Waals surface area contributed by atoms with Crippen molar-refractivity contribution in [2.45, 2.75) is 39.2 Å². The SMILES string of the molecule is COc1ccc(CN2CCC(C(=O)N3CCC(C)CC3)CC2)cc1. The van der Waals surface area contributed by atoms with E-state index >= 15 is 0 Å². The zero-order valence-electron chi connectivity index (χ0n) is 15.0. The van der Waals surface area contributed by atoms with Gasteiger partial charge in [0.25, 0.3) is 0 Å². The number of rotatable bonds is 4. The van der Waals surface area contributed by atoms with Gasteiger partial charge in [-0.05, 0) is 62.4 Å². The van der Waals surface area contributed by atoms with Crippen LogP contribution in [0.25, 0.3) is 0 Å². The van der Waals surface area contributed by atoms with Crippen molar-refractivity contribution in [2.75, 3.05) is 33.3 Å². The third-order valence-electron chi connectivity index (χ3n) is 5.60. The summed E-state index contributed by atoms with van der Waals surface area (Å²) in [4.78, 5) is 17.3. The van der Waals surface area contributed by atoms with Crippen LogP contribution in [0.4, 0.5) is 0 Å². The van der Waals surface area contributed by atoms with Crippen molar-refractivity contribution in [3.05, 3.63) is 29.8 Å². The van der Waals surface area contributed by atoms with Gasteiger partial charge in [0.05, 0.1) is 7.11 Å². The molecule has 2 saturated heterocycles. The molecule has 0 aliphatic carbocycles. The molecule has 24 heavy (non-hydrogen) atoms. The fraction of sp³-hybridized carbons (Fsp3) is 0.650. The number of methoxy groups -OCH3 is 1. The Kier molecular flexibility index (Phi) is 5.77. The van der Waals surface area contributed by atoms with Gasteiger partial charge in [-0.2, -0.15) is 0 Å². The second kappa shape index (κ2) is 8.02. The first-order valence-corrected chi connectivity index (χ1v) is 9.30. The lowest BCUT2D eigenvalue weighted by Crippen LogP contribution is -2.45. The van der Waals surface area contributed by atoms with E-state index in [1.54, 1.807) is 7.11 Å². The molecule has 1 aromatic rings. The third-order valence-corrected chi connectivity index (χ3v) is 5.60. The van der Waals surface area contributed by atoms with Crippen LogP contribution in [-0.2, 0) is 11.3 Å². The smallest absolute Gasteiger partial charge is 0.225 e. The van der Waals surface area contributed by atoms with Crippen molar-refractivity contribution < 1.29 is 9.53 Å². The van der Waals surface area contributed by atoms with Gasteiger partial charge < -0.3 is 9.64 Å². The highest BCUT2D eigenvalue weighted by molar-refractivity contribution is 5.79. The molecule has 2 aliphatic rings. The van der Waals surface area contributed by atoms with Gasteiger partial charge in [0.1, 0.15) is 5.75 Å². The summed E-state index contributed by atoms with van der Waals surface area (Å²) >= 11 is 0. The summed E-state index contributed by atoms with van der Waals surface area (Å²) in [6, 6.07) is 8.29. The molecule has 1 amide bonds. The normalized spacial score (nSPS) is 21.0. The topological polar surface area (TPSA) is 32.8 Å². The van der Waals surface area contributed by atoms with Gasteiger partial charge >= 0.3 is 0 Å². The number of likely N-dealkylation sites (tertiary alicyclic amines) is 2. The molecule has 4 heteroatoms. The Morgan fingerprint density at radius 1 is 1.04 bits per heavy atom. The van der Waals surface area contributed by atoms with Crippen LogP contribution in [0.5, 0.6) is 5.75 Å². The Bertz CT molecular complexity index is 527. The second-order valence-electron chi connectivity index (χ2n) is 7.41. The number of piperidine rings is 2. The largest absolute Gasteiger partial charge is 0.497 e. The van der Waals surface area contributed by atoms with Crippen LogP contribution >= 0.6 is 0 Å². The van der Waals surface area contributed by atoms with Crippen LogP contribution in [0, 0.1) is 11.8 Å². The minimum absolute atomic E-state index is 0.241. The number of hydrogen-bond acceptors (Lipinski definition) is 3. The first-order valence-electron chi connectivity index (χ1n) is 9.30. The maximum absolute atomic E-state index is 12.7. The maximum Gasteiger partial charge on any atom is 0.225 e. The van der Waals surface area contributed by atoms with Crippen LogP contribution in [-0.4, -0.2) is 49.0 Å². The lowest BCUT2D eigenvalue weighted by Gasteiger charge is -2.36. The van der Waals surface area contributed by atoms with E-state index in [2.05, 4.69) is 28.9 Å². The lowest BCUT2D eigenvalue weighted by atomic mass is 9.92. The van der Waals surface area contributed by atoms with E-state index in [0.717, 1.165) is 57.2 Å². The van der Waals surface area contributed by atoms with Gasteiger partial charge in [0, 0.05) is 25.6 Å². The zero-order chi connectivity index (χ0) is 16.9. The highest BCUT2D eigenvalue weighted by atomic mass is 16.5. The van der Waals surface area contributed by atoms with Gasteiger partial charge in [-0.25, -0.2) is 0 Å². The number of nitrogens with zero attached hydrogens (tertiary/aromatic N) is 2. The summed E-state index contributed by atoms with van der Waals surface area (Å²) in [6.07, 6.45) is 4.34. The molecule has 0 aromatic heterocycles. The molecule has 0 spiro atoms.